The number of rotatable bonds is 4. The molecule has 0 unspecified atom stereocenters. The van der Waals surface area contributed by atoms with Gasteiger partial charge in [-0.3, -0.25) is 0 Å². The largest absolute Gasteiger partial charge is 0.464 e. The van der Waals surface area contributed by atoms with Crippen LogP contribution in [0, 0.1) is 6.92 Å². The molecular formula is C10H11F6NO2. The second-order valence-electron chi connectivity index (χ2n) is 3.77. The van der Waals surface area contributed by atoms with Crippen LogP contribution >= 0.6 is 0 Å². The van der Waals surface area contributed by atoms with Gasteiger partial charge in [-0.2, -0.15) is 26.3 Å². The van der Waals surface area contributed by atoms with Gasteiger partial charge in [-0.05, 0) is 13.0 Å². The molecule has 0 aromatic carbocycles. The maximum atomic E-state index is 12.2. The number of nitrogens with two attached hydrogens (primary N) is 1. The normalized spacial score (nSPS) is 13.3. The molecule has 1 aromatic heterocycles. The van der Waals surface area contributed by atoms with E-state index in [-0.39, 0.29) is 12.3 Å². The van der Waals surface area contributed by atoms with Crippen LogP contribution in [0.3, 0.4) is 0 Å². The number of aryl methyl sites for hydroxylation is 1. The van der Waals surface area contributed by atoms with Gasteiger partial charge < -0.3 is 14.9 Å². The van der Waals surface area contributed by atoms with Gasteiger partial charge in [0, 0.05) is 12.1 Å². The number of halogens is 6. The zero-order valence-electron chi connectivity index (χ0n) is 9.73. The van der Waals surface area contributed by atoms with E-state index in [4.69, 9.17) is 10.2 Å². The Morgan fingerprint density at radius 2 is 1.74 bits per heavy atom. The first-order valence-corrected chi connectivity index (χ1v) is 5.09. The van der Waals surface area contributed by atoms with Crippen molar-refractivity contribution < 1.29 is 35.5 Å². The lowest BCUT2D eigenvalue weighted by atomic mass is 10.2. The van der Waals surface area contributed by atoms with Gasteiger partial charge in [-0.25, -0.2) is 0 Å². The van der Waals surface area contributed by atoms with Gasteiger partial charge in [0.05, 0.1) is 0 Å². The van der Waals surface area contributed by atoms with Crippen LogP contribution in [0.4, 0.5) is 26.3 Å². The van der Waals surface area contributed by atoms with Crippen molar-refractivity contribution in [3.05, 3.63) is 23.2 Å². The molecule has 2 N–H and O–H groups in total. The first-order valence-electron chi connectivity index (χ1n) is 5.09. The predicted molar refractivity (Wildman–Crippen MR) is 52.0 cm³/mol. The highest BCUT2D eigenvalue weighted by Gasteiger charge is 2.58. The Balaban J connectivity index is 2.77. The van der Waals surface area contributed by atoms with Crippen LogP contribution in [0.25, 0.3) is 0 Å². The summed E-state index contributed by atoms with van der Waals surface area (Å²) >= 11 is 0. The van der Waals surface area contributed by atoms with Crippen LogP contribution < -0.4 is 5.73 Å². The number of ether oxygens (including phenoxy) is 1. The van der Waals surface area contributed by atoms with E-state index in [0.29, 0.717) is 11.3 Å². The van der Waals surface area contributed by atoms with Gasteiger partial charge >= 0.3 is 12.4 Å². The third-order valence-corrected chi connectivity index (χ3v) is 2.28. The molecule has 0 aliphatic heterocycles. The van der Waals surface area contributed by atoms with Crippen LogP contribution in [0.5, 0.6) is 0 Å². The Hall–Kier alpha value is -1.22. The third-order valence-electron chi connectivity index (χ3n) is 2.28. The van der Waals surface area contributed by atoms with Crippen molar-refractivity contribution in [2.75, 3.05) is 0 Å². The fourth-order valence-electron chi connectivity index (χ4n) is 1.40. The molecule has 19 heavy (non-hydrogen) atoms. The molecule has 110 valence electrons. The molecule has 0 aliphatic carbocycles. The van der Waals surface area contributed by atoms with Crippen molar-refractivity contribution in [1.29, 1.82) is 0 Å². The average Bonchev–Trinajstić information content (AvgIpc) is 2.55. The van der Waals surface area contributed by atoms with Gasteiger partial charge in [0.2, 0.25) is 6.10 Å². The highest BCUT2D eigenvalue weighted by molar-refractivity contribution is 5.20. The topological polar surface area (TPSA) is 48.4 Å². The lowest BCUT2D eigenvalue weighted by Crippen LogP contribution is -2.44. The van der Waals surface area contributed by atoms with Gasteiger partial charge in [0.15, 0.2) is 0 Å². The van der Waals surface area contributed by atoms with Crippen LogP contribution in [-0.2, 0) is 17.9 Å². The van der Waals surface area contributed by atoms with Crippen molar-refractivity contribution in [3.63, 3.8) is 0 Å². The summed E-state index contributed by atoms with van der Waals surface area (Å²) in [5.74, 6) is 0.188. The molecule has 0 spiro atoms. The molecule has 9 heteroatoms. The predicted octanol–water partition coefficient (Wildman–Crippen LogP) is 3.06. The standard InChI is InChI=1S/C10H11F6NO2/c1-5-6(3-17)2-7(19-5)4-18-8(9(11,12)13)10(14,15)16/h2,8H,3-4,17H2,1H3. The molecule has 0 radical (unpaired) electrons. The molecule has 1 rings (SSSR count). The van der Waals surface area contributed by atoms with Crippen LogP contribution in [0.1, 0.15) is 17.1 Å². The quantitative estimate of drug-likeness (QED) is 0.867. The molecule has 0 fully saturated rings. The SMILES string of the molecule is Cc1oc(COC(C(F)(F)F)C(F)(F)F)cc1CN. The van der Waals surface area contributed by atoms with Gasteiger partial charge in [0.25, 0.3) is 0 Å². The minimum absolute atomic E-state index is 0.0668. The number of hydrogen-bond acceptors (Lipinski definition) is 3. The van der Waals surface area contributed by atoms with Crippen LogP contribution in [0.2, 0.25) is 0 Å². The first kappa shape index (κ1) is 15.8. The first-order chi connectivity index (χ1) is 8.55. The molecule has 1 heterocycles. The highest BCUT2D eigenvalue weighted by Crippen LogP contribution is 2.36. The number of hydrogen-bond donors (Lipinski definition) is 1. The van der Waals surface area contributed by atoms with Crippen molar-refractivity contribution in [1.82, 2.24) is 0 Å². The summed E-state index contributed by atoms with van der Waals surface area (Å²) in [5.41, 5.74) is 5.79. The van der Waals surface area contributed by atoms with Gasteiger partial charge in [0.1, 0.15) is 18.1 Å². The molecule has 1 aromatic rings. The summed E-state index contributed by atoms with van der Waals surface area (Å²) in [6.45, 7) is 0.624. The summed E-state index contributed by atoms with van der Waals surface area (Å²) in [5, 5.41) is 0. The van der Waals surface area contributed by atoms with E-state index in [2.05, 4.69) is 4.74 Å². The summed E-state index contributed by atoms with van der Waals surface area (Å²) in [6.07, 6.45) is -14.9. The maximum Gasteiger partial charge on any atom is 0.423 e. The Morgan fingerprint density at radius 1 is 1.21 bits per heavy atom. The summed E-state index contributed by atoms with van der Waals surface area (Å²) in [4.78, 5) is 0. The fourth-order valence-corrected chi connectivity index (χ4v) is 1.40. The molecule has 0 atom stereocenters. The lowest BCUT2D eigenvalue weighted by molar-refractivity contribution is -0.325. The summed E-state index contributed by atoms with van der Waals surface area (Å²) in [6, 6.07) is 1.26. The fraction of sp³-hybridized carbons (Fsp3) is 0.600. The van der Waals surface area contributed by atoms with E-state index in [1.807, 2.05) is 0 Å². The zero-order valence-corrected chi connectivity index (χ0v) is 9.73. The molecule has 0 saturated carbocycles. The third kappa shape index (κ3) is 4.13. The van der Waals surface area contributed by atoms with Crippen molar-refractivity contribution in [3.8, 4) is 0 Å². The van der Waals surface area contributed by atoms with E-state index in [0.717, 1.165) is 0 Å². The average molecular weight is 291 g/mol. The van der Waals surface area contributed by atoms with E-state index in [1.165, 1.54) is 13.0 Å². The van der Waals surface area contributed by atoms with Gasteiger partial charge in [-0.1, -0.05) is 0 Å². The molecular weight excluding hydrogens is 280 g/mol. The van der Waals surface area contributed by atoms with Crippen LogP contribution in [-0.4, -0.2) is 18.5 Å². The Morgan fingerprint density at radius 3 is 2.11 bits per heavy atom. The zero-order chi connectivity index (χ0) is 14.8. The Kier molecular flexibility index (Phi) is 4.51. The van der Waals surface area contributed by atoms with Crippen molar-refractivity contribution in [2.24, 2.45) is 5.73 Å². The van der Waals surface area contributed by atoms with E-state index in [1.54, 1.807) is 0 Å². The lowest BCUT2D eigenvalue weighted by Gasteiger charge is -2.22. The maximum absolute atomic E-state index is 12.2. The van der Waals surface area contributed by atoms with E-state index >= 15 is 0 Å². The highest BCUT2D eigenvalue weighted by atomic mass is 19.4. The number of furan rings is 1. The van der Waals surface area contributed by atoms with Gasteiger partial charge in [-0.15, -0.1) is 0 Å². The Bertz CT molecular complexity index is 409. The minimum atomic E-state index is -5.53. The second-order valence-corrected chi connectivity index (χ2v) is 3.77. The van der Waals surface area contributed by atoms with Crippen molar-refractivity contribution >= 4 is 0 Å². The summed E-state index contributed by atoms with van der Waals surface area (Å²) in [7, 11) is 0. The Labute approximate surface area is 104 Å². The molecule has 0 aliphatic rings. The van der Waals surface area contributed by atoms with Crippen molar-refractivity contribution in [2.45, 2.75) is 38.5 Å². The summed E-state index contributed by atoms with van der Waals surface area (Å²) < 4.78 is 81.9. The molecule has 0 bridgehead atoms. The number of alkyl halides is 6. The molecule has 0 amide bonds. The van der Waals surface area contributed by atoms with E-state index < -0.39 is 25.1 Å². The molecule has 0 saturated heterocycles. The van der Waals surface area contributed by atoms with Crippen LogP contribution in [0.15, 0.2) is 10.5 Å². The van der Waals surface area contributed by atoms with E-state index in [9.17, 15) is 26.3 Å². The second kappa shape index (κ2) is 5.41. The minimum Gasteiger partial charge on any atom is -0.464 e. The molecule has 3 nitrogen and oxygen atoms in total. The monoisotopic (exact) mass is 291 g/mol. The smallest absolute Gasteiger partial charge is 0.423 e.